The van der Waals surface area contributed by atoms with Gasteiger partial charge in [-0.2, -0.15) is 11.8 Å². The first-order valence-corrected chi connectivity index (χ1v) is 10.2. The van der Waals surface area contributed by atoms with Gasteiger partial charge in [0.2, 0.25) is 0 Å². The van der Waals surface area contributed by atoms with Gasteiger partial charge in [0.25, 0.3) is 0 Å². The van der Waals surface area contributed by atoms with Gasteiger partial charge in [-0.05, 0) is 63.6 Å². The molecule has 5 nitrogen and oxygen atoms in total. The van der Waals surface area contributed by atoms with E-state index >= 15 is 0 Å². The zero-order valence-corrected chi connectivity index (χ0v) is 17.1. The fourth-order valence-electron chi connectivity index (χ4n) is 2.30. The molecular formula is C19H34N2O3S. The molecule has 1 atom stereocenters. The number of hydrogen-bond donors (Lipinski definition) is 2. The number of nitrogens with one attached hydrogen (secondary N) is 1. The highest BCUT2D eigenvalue weighted by molar-refractivity contribution is 7.98. The van der Waals surface area contributed by atoms with Crippen molar-refractivity contribution in [2.24, 2.45) is 0 Å². The minimum Gasteiger partial charge on any atom is -0.493 e. The Morgan fingerprint density at radius 1 is 1.28 bits per heavy atom. The Hall–Kier alpha value is -0.950. The zero-order chi connectivity index (χ0) is 18.7. The molecular weight excluding hydrogens is 336 g/mol. The number of thioether (sulfide) groups is 1. The molecule has 0 aliphatic rings. The average Bonchev–Trinajstić information content (AvgIpc) is 2.59. The molecule has 1 aromatic carbocycles. The smallest absolute Gasteiger partial charge is 0.161 e. The molecule has 0 radical (unpaired) electrons. The van der Waals surface area contributed by atoms with Gasteiger partial charge in [-0.25, -0.2) is 0 Å². The fraction of sp³-hybridized carbons (Fsp3) is 0.684. The maximum atomic E-state index is 10.2. The van der Waals surface area contributed by atoms with E-state index in [1.54, 1.807) is 7.11 Å². The van der Waals surface area contributed by atoms with E-state index in [-0.39, 0.29) is 6.61 Å². The van der Waals surface area contributed by atoms with E-state index in [1.165, 1.54) is 5.75 Å². The van der Waals surface area contributed by atoms with Gasteiger partial charge in [-0.3, -0.25) is 0 Å². The fourth-order valence-corrected chi connectivity index (χ4v) is 2.73. The molecule has 144 valence electrons. The molecule has 0 bridgehead atoms. The summed E-state index contributed by atoms with van der Waals surface area (Å²) in [4.78, 5) is 2.10. The van der Waals surface area contributed by atoms with Crippen LogP contribution in [0.4, 0.5) is 0 Å². The summed E-state index contributed by atoms with van der Waals surface area (Å²) in [6.45, 7) is 6.84. The number of nitrogens with zero attached hydrogens (tertiary/aromatic N) is 1. The summed E-state index contributed by atoms with van der Waals surface area (Å²) in [6.07, 6.45) is 2.75. The van der Waals surface area contributed by atoms with Crippen LogP contribution in [0.5, 0.6) is 11.5 Å². The Labute approximate surface area is 157 Å². The zero-order valence-electron chi connectivity index (χ0n) is 16.2. The van der Waals surface area contributed by atoms with E-state index in [0.29, 0.717) is 24.1 Å². The second-order valence-electron chi connectivity index (χ2n) is 6.51. The molecule has 0 aliphatic heterocycles. The molecule has 0 fully saturated rings. The van der Waals surface area contributed by atoms with Crippen LogP contribution in [0.2, 0.25) is 0 Å². The van der Waals surface area contributed by atoms with Crippen LogP contribution < -0.4 is 14.8 Å². The van der Waals surface area contributed by atoms with E-state index in [1.807, 2.05) is 37.0 Å². The number of ether oxygens (including phenoxy) is 2. The Morgan fingerprint density at radius 3 is 2.68 bits per heavy atom. The normalized spacial score (nSPS) is 12.6. The van der Waals surface area contributed by atoms with Gasteiger partial charge in [0.15, 0.2) is 11.5 Å². The van der Waals surface area contributed by atoms with E-state index in [4.69, 9.17) is 9.47 Å². The third kappa shape index (κ3) is 8.81. The molecule has 0 saturated heterocycles. The quantitative estimate of drug-likeness (QED) is 0.521. The van der Waals surface area contributed by atoms with Crippen molar-refractivity contribution in [1.29, 1.82) is 0 Å². The van der Waals surface area contributed by atoms with E-state index in [0.717, 1.165) is 25.1 Å². The molecule has 0 amide bonds. The molecule has 6 heteroatoms. The Balaban J connectivity index is 2.54. The highest BCUT2D eigenvalue weighted by Gasteiger charge is 2.13. The molecule has 0 heterocycles. The summed E-state index contributed by atoms with van der Waals surface area (Å²) in [5, 5.41) is 13.6. The molecule has 0 saturated carbocycles. The lowest BCUT2D eigenvalue weighted by molar-refractivity contribution is 0.0668. The van der Waals surface area contributed by atoms with Crippen LogP contribution in [-0.4, -0.2) is 68.0 Å². The maximum absolute atomic E-state index is 10.2. The standard InChI is InChI=1S/C19H34N2O3S/c1-15(2)21(3)13-17(22)14-24-19-11-16(7-8-18(19)23-4)12-20-9-6-10-25-5/h7-8,11,15,17,20,22H,6,9-10,12-14H2,1-5H3/t17-/m1/s1. The van der Waals surface area contributed by atoms with E-state index < -0.39 is 6.10 Å². The summed E-state index contributed by atoms with van der Waals surface area (Å²) in [6, 6.07) is 6.33. The highest BCUT2D eigenvalue weighted by Crippen LogP contribution is 2.28. The Bertz CT molecular complexity index is 486. The minimum absolute atomic E-state index is 0.248. The van der Waals surface area contributed by atoms with Crippen molar-refractivity contribution >= 4 is 11.8 Å². The number of rotatable bonds is 13. The van der Waals surface area contributed by atoms with Crippen molar-refractivity contribution in [2.45, 2.75) is 39.0 Å². The first-order chi connectivity index (χ1) is 12.0. The van der Waals surface area contributed by atoms with Gasteiger partial charge >= 0.3 is 0 Å². The summed E-state index contributed by atoms with van der Waals surface area (Å²) in [7, 11) is 3.63. The number of hydrogen-bond acceptors (Lipinski definition) is 6. The predicted molar refractivity (Wildman–Crippen MR) is 107 cm³/mol. The highest BCUT2D eigenvalue weighted by atomic mass is 32.2. The number of methoxy groups -OCH3 is 1. The van der Waals surface area contributed by atoms with Crippen LogP contribution in [0.3, 0.4) is 0 Å². The summed E-state index contributed by atoms with van der Waals surface area (Å²) < 4.78 is 11.2. The lowest BCUT2D eigenvalue weighted by Gasteiger charge is -2.24. The van der Waals surface area contributed by atoms with Gasteiger partial charge in [-0.15, -0.1) is 0 Å². The second kappa shape index (κ2) is 12.4. The summed E-state index contributed by atoms with van der Waals surface area (Å²) in [5.74, 6) is 2.54. The average molecular weight is 371 g/mol. The second-order valence-corrected chi connectivity index (χ2v) is 7.49. The lowest BCUT2D eigenvalue weighted by atomic mass is 10.2. The SMILES string of the molecule is COc1ccc(CNCCCSC)cc1OC[C@H](O)CN(C)C(C)C. The molecule has 0 aliphatic carbocycles. The number of aliphatic hydroxyl groups is 1. The van der Waals surface area contributed by atoms with Crippen LogP contribution in [0, 0.1) is 0 Å². The van der Waals surface area contributed by atoms with E-state index in [2.05, 4.69) is 30.3 Å². The molecule has 2 N–H and O–H groups in total. The third-order valence-corrected chi connectivity index (χ3v) is 4.77. The van der Waals surface area contributed by atoms with Crippen LogP contribution in [0.15, 0.2) is 18.2 Å². The number of likely N-dealkylation sites (N-methyl/N-ethyl adjacent to an activating group) is 1. The van der Waals surface area contributed by atoms with Crippen LogP contribution >= 0.6 is 11.8 Å². The van der Waals surface area contributed by atoms with Gasteiger partial charge < -0.3 is 24.8 Å². The van der Waals surface area contributed by atoms with Crippen LogP contribution in [0.25, 0.3) is 0 Å². The number of aliphatic hydroxyl groups excluding tert-OH is 1. The molecule has 1 rings (SSSR count). The largest absolute Gasteiger partial charge is 0.493 e. The van der Waals surface area contributed by atoms with E-state index in [9.17, 15) is 5.11 Å². The van der Waals surface area contributed by atoms with Crippen molar-refractivity contribution in [3.8, 4) is 11.5 Å². The lowest BCUT2D eigenvalue weighted by Crippen LogP contribution is -2.37. The monoisotopic (exact) mass is 370 g/mol. The summed E-state index contributed by atoms with van der Waals surface area (Å²) in [5.41, 5.74) is 1.15. The van der Waals surface area contributed by atoms with Gasteiger partial charge in [0.1, 0.15) is 12.7 Å². The first-order valence-electron chi connectivity index (χ1n) is 8.85. The van der Waals surface area contributed by atoms with Crippen molar-refractivity contribution in [3.63, 3.8) is 0 Å². The number of benzene rings is 1. The van der Waals surface area contributed by atoms with Crippen LogP contribution in [-0.2, 0) is 6.54 Å². The Morgan fingerprint density at radius 2 is 2.04 bits per heavy atom. The first kappa shape index (κ1) is 22.1. The predicted octanol–water partition coefficient (Wildman–Crippen LogP) is 2.62. The molecule has 0 aromatic heterocycles. The molecule has 0 unspecified atom stereocenters. The maximum Gasteiger partial charge on any atom is 0.161 e. The topological polar surface area (TPSA) is 54.0 Å². The molecule has 0 spiro atoms. The van der Waals surface area contributed by atoms with Gasteiger partial charge in [-0.1, -0.05) is 6.07 Å². The van der Waals surface area contributed by atoms with Crippen molar-refractivity contribution in [3.05, 3.63) is 23.8 Å². The summed E-state index contributed by atoms with van der Waals surface area (Å²) >= 11 is 1.87. The molecule has 1 aromatic rings. The molecule has 25 heavy (non-hydrogen) atoms. The van der Waals surface area contributed by atoms with Crippen molar-refractivity contribution < 1.29 is 14.6 Å². The van der Waals surface area contributed by atoms with Crippen molar-refractivity contribution in [2.75, 3.05) is 45.9 Å². The Kier molecular flexibility index (Phi) is 11.0. The van der Waals surface area contributed by atoms with Gasteiger partial charge in [0.05, 0.1) is 7.11 Å². The minimum atomic E-state index is -0.537. The van der Waals surface area contributed by atoms with Crippen molar-refractivity contribution in [1.82, 2.24) is 10.2 Å². The van der Waals surface area contributed by atoms with Gasteiger partial charge in [0, 0.05) is 19.1 Å². The third-order valence-electron chi connectivity index (χ3n) is 4.07. The van der Waals surface area contributed by atoms with Crippen LogP contribution in [0.1, 0.15) is 25.8 Å².